The zero-order valence-corrected chi connectivity index (χ0v) is 13.3. The molecule has 1 atom stereocenters. The zero-order valence-electron chi connectivity index (χ0n) is 11.7. The van der Waals surface area contributed by atoms with E-state index in [9.17, 15) is 9.59 Å². The summed E-state index contributed by atoms with van der Waals surface area (Å²) in [5, 5.41) is 9.26. The average Bonchev–Trinajstić information content (AvgIpc) is 2.84. The summed E-state index contributed by atoms with van der Waals surface area (Å²) >= 11 is 5.93. The van der Waals surface area contributed by atoms with Gasteiger partial charge in [0.1, 0.15) is 0 Å². The van der Waals surface area contributed by atoms with Crippen molar-refractivity contribution in [2.45, 2.75) is 32.2 Å². The van der Waals surface area contributed by atoms with Crippen molar-refractivity contribution in [3.8, 4) is 0 Å². The molecule has 0 saturated carbocycles. The van der Waals surface area contributed by atoms with E-state index < -0.39 is 0 Å². The largest absolute Gasteiger partial charge is 0.325 e. The van der Waals surface area contributed by atoms with Crippen LogP contribution in [0.25, 0.3) is 0 Å². The van der Waals surface area contributed by atoms with E-state index in [2.05, 4.69) is 16.0 Å². The van der Waals surface area contributed by atoms with E-state index in [-0.39, 0.29) is 30.3 Å². The summed E-state index contributed by atoms with van der Waals surface area (Å²) in [5.74, 6) is -0.279. The van der Waals surface area contributed by atoms with Crippen molar-refractivity contribution in [3.05, 3.63) is 23.2 Å². The molecular formula is C14H19Cl2N3O2. The minimum absolute atomic E-state index is 0. The van der Waals surface area contributed by atoms with Crippen LogP contribution in [0, 0.1) is 0 Å². The number of benzene rings is 1. The van der Waals surface area contributed by atoms with Gasteiger partial charge in [0.05, 0.1) is 11.4 Å². The van der Waals surface area contributed by atoms with Crippen molar-refractivity contribution in [2.24, 2.45) is 0 Å². The van der Waals surface area contributed by atoms with Gasteiger partial charge in [-0.2, -0.15) is 0 Å². The van der Waals surface area contributed by atoms with Crippen molar-refractivity contribution < 1.29 is 9.59 Å². The number of halogens is 2. The molecule has 1 aliphatic heterocycles. The number of hydrogen-bond donors (Lipinski definition) is 3. The number of rotatable bonds is 4. The fraction of sp³-hybridized carbons (Fsp3) is 0.429. The van der Waals surface area contributed by atoms with Gasteiger partial charge in [0.25, 0.3) is 0 Å². The molecule has 2 amide bonds. The van der Waals surface area contributed by atoms with Crippen molar-refractivity contribution in [2.75, 3.05) is 17.2 Å². The van der Waals surface area contributed by atoms with Crippen LogP contribution in [0.1, 0.15) is 26.2 Å². The predicted molar refractivity (Wildman–Crippen MR) is 87.3 cm³/mol. The molecule has 2 rings (SSSR count). The Labute approximate surface area is 135 Å². The molecule has 0 radical (unpaired) electrons. The molecule has 7 heteroatoms. The Kier molecular flexibility index (Phi) is 6.95. The standard InChI is InChI=1S/C14H18ClN3O2.ClH/c1-9(19)17-12-5-4-10(15)7-13(12)18-14(20)8-11-3-2-6-16-11;/h4-5,7,11,16H,2-3,6,8H2,1H3,(H,17,19)(H,18,20);1H. The summed E-state index contributed by atoms with van der Waals surface area (Å²) in [6.07, 6.45) is 2.54. The normalized spacial score (nSPS) is 17.0. The SMILES string of the molecule is CC(=O)Nc1ccc(Cl)cc1NC(=O)CC1CCCN1.Cl. The molecule has 0 bridgehead atoms. The highest BCUT2D eigenvalue weighted by molar-refractivity contribution is 6.31. The van der Waals surface area contributed by atoms with Gasteiger partial charge in [0, 0.05) is 24.4 Å². The summed E-state index contributed by atoms with van der Waals surface area (Å²) in [6, 6.07) is 5.21. The molecule has 0 aromatic heterocycles. The highest BCUT2D eigenvalue weighted by Crippen LogP contribution is 2.26. The fourth-order valence-electron chi connectivity index (χ4n) is 2.27. The van der Waals surface area contributed by atoms with Crippen LogP contribution < -0.4 is 16.0 Å². The third-order valence-corrected chi connectivity index (χ3v) is 3.40. The van der Waals surface area contributed by atoms with Crippen LogP contribution >= 0.6 is 24.0 Å². The fourth-order valence-corrected chi connectivity index (χ4v) is 2.45. The number of nitrogens with one attached hydrogen (secondary N) is 3. The van der Waals surface area contributed by atoms with E-state index in [0.717, 1.165) is 19.4 Å². The first kappa shape index (κ1) is 17.8. The molecule has 5 nitrogen and oxygen atoms in total. The van der Waals surface area contributed by atoms with Crippen LogP contribution in [0.4, 0.5) is 11.4 Å². The first-order valence-electron chi connectivity index (χ1n) is 6.65. The van der Waals surface area contributed by atoms with Crippen LogP contribution in [-0.2, 0) is 9.59 Å². The maximum atomic E-state index is 12.0. The van der Waals surface area contributed by atoms with E-state index in [1.54, 1.807) is 18.2 Å². The summed E-state index contributed by atoms with van der Waals surface area (Å²) in [6.45, 7) is 2.38. The summed E-state index contributed by atoms with van der Waals surface area (Å²) in [7, 11) is 0. The number of amides is 2. The second-order valence-electron chi connectivity index (χ2n) is 4.92. The molecule has 0 spiro atoms. The number of carbonyl (C=O) groups is 2. The van der Waals surface area contributed by atoms with Crippen molar-refractivity contribution in [3.63, 3.8) is 0 Å². The molecule has 1 unspecified atom stereocenters. The lowest BCUT2D eigenvalue weighted by Gasteiger charge is -2.14. The Morgan fingerprint density at radius 1 is 1.33 bits per heavy atom. The number of carbonyl (C=O) groups excluding carboxylic acids is 2. The quantitative estimate of drug-likeness (QED) is 0.794. The molecule has 1 heterocycles. The molecule has 1 aliphatic rings. The van der Waals surface area contributed by atoms with Gasteiger partial charge in [0.15, 0.2) is 0 Å². The van der Waals surface area contributed by atoms with Gasteiger partial charge in [-0.1, -0.05) is 11.6 Å². The molecule has 1 saturated heterocycles. The molecule has 3 N–H and O–H groups in total. The Morgan fingerprint density at radius 2 is 2.10 bits per heavy atom. The Hall–Kier alpha value is -1.30. The maximum absolute atomic E-state index is 12.0. The average molecular weight is 332 g/mol. The Bertz CT molecular complexity index is 517. The first-order chi connectivity index (χ1) is 9.54. The van der Waals surface area contributed by atoms with Crippen LogP contribution in [0.3, 0.4) is 0 Å². The lowest BCUT2D eigenvalue weighted by Crippen LogP contribution is -2.27. The van der Waals surface area contributed by atoms with Crippen LogP contribution in [0.5, 0.6) is 0 Å². The highest BCUT2D eigenvalue weighted by atomic mass is 35.5. The van der Waals surface area contributed by atoms with Gasteiger partial charge >= 0.3 is 0 Å². The zero-order chi connectivity index (χ0) is 14.5. The highest BCUT2D eigenvalue weighted by Gasteiger charge is 2.18. The van der Waals surface area contributed by atoms with E-state index in [4.69, 9.17) is 11.6 Å². The third kappa shape index (κ3) is 5.53. The van der Waals surface area contributed by atoms with E-state index >= 15 is 0 Å². The second-order valence-corrected chi connectivity index (χ2v) is 5.35. The van der Waals surface area contributed by atoms with Crippen LogP contribution in [0.15, 0.2) is 18.2 Å². The number of hydrogen-bond acceptors (Lipinski definition) is 3. The molecular weight excluding hydrogens is 313 g/mol. The summed E-state index contributed by atoms with van der Waals surface area (Å²) in [5.41, 5.74) is 1.07. The lowest BCUT2D eigenvalue weighted by molar-refractivity contribution is -0.117. The van der Waals surface area contributed by atoms with Crippen LogP contribution in [0.2, 0.25) is 5.02 Å². The third-order valence-electron chi connectivity index (χ3n) is 3.16. The molecule has 21 heavy (non-hydrogen) atoms. The van der Waals surface area contributed by atoms with Crippen LogP contribution in [-0.4, -0.2) is 24.4 Å². The monoisotopic (exact) mass is 331 g/mol. The summed E-state index contributed by atoms with van der Waals surface area (Å²) in [4.78, 5) is 23.2. The Balaban J connectivity index is 0.00000220. The molecule has 0 aliphatic carbocycles. The smallest absolute Gasteiger partial charge is 0.225 e. The van der Waals surface area contributed by atoms with Gasteiger partial charge in [-0.15, -0.1) is 12.4 Å². The van der Waals surface area contributed by atoms with E-state index in [1.807, 2.05) is 0 Å². The van der Waals surface area contributed by atoms with E-state index in [1.165, 1.54) is 6.92 Å². The summed E-state index contributed by atoms with van der Waals surface area (Å²) < 4.78 is 0. The molecule has 1 fully saturated rings. The van der Waals surface area contributed by atoms with Gasteiger partial charge in [0.2, 0.25) is 11.8 Å². The van der Waals surface area contributed by atoms with E-state index in [0.29, 0.717) is 22.8 Å². The minimum atomic E-state index is -0.194. The lowest BCUT2D eigenvalue weighted by atomic mass is 10.1. The van der Waals surface area contributed by atoms with Gasteiger partial charge in [-0.05, 0) is 37.6 Å². The molecule has 116 valence electrons. The minimum Gasteiger partial charge on any atom is -0.325 e. The van der Waals surface area contributed by atoms with Crippen molar-refractivity contribution in [1.82, 2.24) is 5.32 Å². The van der Waals surface area contributed by atoms with Crippen molar-refractivity contribution >= 4 is 47.2 Å². The van der Waals surface area contributed by atoms with Crippen molar-refractivity contribution in [1.29, 1.82) is 0 Å². The number of anilines is 2. The maximum Gasteiger partial charge on any atom is 0.225 e. The second kappa shape index (κ2) is 8.22. The Morgan fingerprint density at radius 3 is 2.71 bits per heavy atom. The molecule has 1 aromatic rings. The molecule has 1 aromatic carbocycles. The topological polar surface area (TPSA) is 70.2 Å². The van der Waals surface area contributed by atoms with Gasteiger partial charge in [-0.25, -0.2) is 0 Å². The first-order valence-corrected chi connectivity index (χ1v) is 7.03. The van der Waals surface area contributed by atoms with Gasteiger partial charge < -0.3 is 16.0 Å². The predicted octanol–water partition coefficient (Wildman–Crippen LogP) is 2.80. The van der Waals surface area contributed by atoms with Gasteiger partial charge in [-0.3, -0.25) is 9.59 Å².